The molecule has 1 fully saturated rings. The van der Waals surface area contributed by atoms with Gasteiger partial charge in [0.1, 0.15) is 5.75 Å². The van der Waals surface area contributed by atoms with Crippen LogP contribution in [0, 0.1) is 5.92 Å². The van der Waals surface area contributed by atoms with Crippen molar-refractivity contribution in [1.82, 2.24) is 9.80 Å². The minimum absolute atomic E-state index is 0.301. The van der Waals surface area contributed by atoms with Gasteiger partial charge in [-0.1, -0.05) is 39.8 Å². The highest BCUT2D eigenvalue weighted by Gasteiger charge is 2.20. The maximum Gasteiger partial charge on any atom is 0.222 e. The highest BCUT2D eigenvalue weighted by Crippen LogP contribution is 2.19. The van der Waals surface area contributed by atoms with E-state index in [-0.39, 0.29) is 0 Å². The van der Waals surface area contributed by atoms with Gasteiger partial charge in [-0.2, -0.15) is 0 Å². The van der Waals surface area contributed by atoms with Crippen LogP contribution < -0.4 is 4.74 Å². The zero-order chi connectivity index (χ0) is 18.9. The molecule has 0 N–H and O–H groups in total. The van der Waals surface area contributed by atoms with E-state index in [2.05, 4.69) is 44.7 Å². The van der Waals surface area contributed by atoms with Gasteiger partial charge in [0.05, 0.1) is 6.61 Å². The Hall–Kier alpha value is -1.55. The molecule has 4 nitrogen and oxygen atoms in total. The number of ether oxygens (including phenoxy) is 1. The summed E-state index contributed by atoms with van der Waals surface area (Å²) in [6, 6.07) is 8.33. The number of amides is 1. The molecular formula is C22H36N2O2. The summed E-state index contributed by atoms with van der Waals surface area (Å²) in [6.45, 7) is 14.5. The van der Waals surface area contributed by atoms with Gasteiger partial charge in [0.25, 0.3) is 0 Å². The molecule has 0 aromatic heterocycles. The highest BCUT2D eigenvalue weighted by molar-refractivity contribution is 5.76. The molecule has 0 aliphatic carbocycles. The van der Waals surface area contributed by atoms with Gasteiger partial charge in [0.15, 0.2) is 0 Å². The van der Waals surface area contributed by atoms with Gasteiger partial charge in [-0.25, -0.2) is 0 Å². The summed E-state index contributed by atoms with van der Waals surface area (Å²) in [7, 11) is 0. The molecule has 0 bridgehead atoms. The van der Waals surface area contributed by atoms with E-state index >= 15 is 0 Å². The van der Waals surface area contributed by atoms with Crippen LogP contribution in [-0.2, 0) is 4.79 Å². The summed E-state index contributed by atoms with van der Waals surface area (Å²) in [4.78, 5) is 16.8. The molecule has 1 aromatic rings. The standard InChI is InChI=1S/C22H36N2O2/c1-18(2)17-23-12-14-24(15-13-23)22(25)7-5-6-16-26-21-10-8-20(9-11-21)19(3)4/h8-11,18-19H,5-7,12-17H2,1-4H3. The second-order valence-corrected chi connectivity index (χ2v) is 8.10. The van der Waals surface area contributed by atoms with Crippen LogP contribution in [0.1, 0.15) is 58.4 Å². The van der Waals surface area contributed by atoms with Crippen molar-refractivity contribution in [2.24, 2.45) is 5.92 Å². The number of hydrogen-bond acceptors (Lipinski definition) is 3. The van der Waals surface area contributed by atoms with E-state index < -0.39 is 0 Å². The molecule has 1 aliphatic rings. The van der Waals surface area contributed by atoms with Crippen molar-refractivity contribution in [3.8, 4) is 5.75 Å². The first-order chi connectivity index (χ1) is 12.5. The molecule has 0 saturated carbocycles. The van der Waals surface area contributed by atoms with Gasteiger partial charge in [0.2, 0.25) is 5.91 Å². The number of nitrogens with zero attached hydrogens (tertiary/aromatic N) is 2. The third-order valence-electron chi connectivity index (χ3n) is 4.95. The first-order valence-electron chi connectivity index (χ1n) is 10.2. The maximum absolute atomic E-state index is 12.3. The fourth-order valence-electron chi connectivity index (χ4n) is 3.37. The molecule has 4 heteroatoms. The molecular weight excluding hydrogens is 324 g/mol. The Morgan fingerprint density at radius 3 is 2.23 bits per heavy atom. The van der Waals surface area contributed by atoms with E-state index in [1.165, 1.54) is 5.56 Å². The van der Waals surface area contributed by atoms with E-state index in [0.29, 0.717) is 30.8 Å². The zero-order valence-corrected chi connectivity index (χ0v) is 17.0. The summed E-state index contributed by atoms with van der Waals surface area (Å²) in [6.07, 6.45) is 2.46. The van der Waals surface area contributed by atoms with Crippen LogP contribution in [0.25, 0.3) is 0 Å². The Morgan fingerprint density at radius 1 is 1.00 bits per heavy atom. The molecule has 0 unspecified atom stereocenters. The highest BCUT2D eigenvalue weighted by atomic mass is 16.5. The van der Waals surface area contributed by atoms with Crippen LogP contribution in [-0.4, -0.2) is 55.0 Å². The molecule has 0 spiro atoms. The third kappa shape index (κ3) is 6.99. The van der Waals surface area contributed by atoms with E-state index in [1.54, 1.807) is 0 Å². The Bertz CT molecular complexity index is 532. The lowest BCUT2D eigenvalue weighted by molar-refractivity contribution is -0.133. The Kier molecular flexibility index (Phi) is 8.43. The minimum Gasteiger partial charge on any atom is -0.494 e. The van der Waals surface area contributed by atoms with E-state index in [4.69, 9.17) is 4.74 Å². The van der Waals surface area contributed by atoms with Gasteiger partial charge < -0.3 is 9.64 Å². The van der Waals surface area contributed by atoms with Crippen molar-refractivity contribution in [2.75, 3.05) is 39.3 Å². The predicted molar refractivity (Wildman–Crippen MR) is 108 cm³/mol. The number of carbonyl (C=O) groups is 1. The second kappa shape index (κ2) is 10.6. The normalized spacial score (nSPS) is 15.7. The number of rotatable bonds is 9. The quantitative estimate of drug-likeness (QED) is 0.620. The summed E-state index contributed by atoms with van der Waals surface area (Å²) >= 11 is 0. The van der Waals surface area contributed by atoms with Crippen LogP contribution in [0.2, 0.25) is 0 Å². The Balaban J connectivity index is 1.57. The van der Waals surface area contributed by atoms with Gasteiger partial charge in [-0.3, -0.25) is 9.69 Å². The van der Waals surface area contributed by atoms with Crippen LogP contribution in [0.3, 0.4) is 0 Å². The van der Waals surface area contributed by atoms with Gasteiger partial charge in [0, 0.05) is 39.1 Å². The topological polar surface area (TPSA) is 32.8 Å². The van der Waals surface area contributed by atoms with E-state index in [0.717, 1.165) is 51.3 Å². The van der Waals surface area contributed by atoms with Crippen molar-refractivity contribution in [3.05, 3.63) is 29.8 Å². The molecule has 2 rings (SSSR count). The van der Waals surface area contributed by atoms with Crippen LogP contribution in [0.15, 0.2) is 24.3 Å². The summed E-state index contributed by atoms with van der Waals surface area (Å²) < 4.78 is 5.79. The van der Waals surface area contributed by atoms with Crippen LogP contribution >= 0.6 is 0 Å². The number of benzene rings is 1. The average molecular weight is 361 g/mol. The van der Waals surface area contributed by atoms with Crippen molar-refractivity contribution >= 4 is 5.91 Å². The minimum atomic E-state index is 0.301. The fourth-order valence-corrected chi connectivity index (χ4v) is 3.37. The van der Waals surface area contributed by atoms with Gasteiger partial charge >= 0.3 is 0 Å². The lowest BCUT2D eigenvalue weighted by Gasteiger charge is -2.35. The first-order valence-corrected chi connectivity index (χ1v) is 10.2. The van der Waals surface area contributed by atoms with Gasteiger partial charge in [-0.05, 0) is 42.4 Å². The molecule has 1 aliphatic heterocycles. The number of carbonyl (C=O) groups excluding carboxylic acids is 1. The number of piperazine rings is 1. The smallest absolute Gasteiger partial charge is 0.222 e. The molecule has 1 saturated heterocycles. The van der Waals surface area contributed by atoms with E-state index in [9.17, 15) is 4.79 Å². The second-order valence-electron chi connectivity index (χ2n) is 8.10. The molecule has 1 heterocycles. The Morgan fingerprint density at radius 2 is 1.65 bits per heavy atom. The summed E-state index contributed by atoms with van der Waals surface area (Å²) in [5.74, 6) is 2.46. The summed E-state index contributed by atoms with van der Waals surface area (Å²) in [5, 5.41) is 0. The van der Waals surface area contributed by atoms with Crippen molar-refractivity contribution in [2.45, 2.75) is 52.9 Å². The third-order valence-corrected chi connectivity index (χ3v) is 4.95. The number of hydrogen-bond donors (Lipinski definition) is 0. The monoisotopic (exact) mass is 360 g/mol. The largest absolute Gasteiger partial charge is 0.494 e. The number of unbranched alkanes of at least 4 members (excludes halogenated alkanes) is 1. The average Bonchev–Trinajstić information content (AvgIpc) is 2.61. The molecule has 1 amide bonds. The molecule has 146 valence electrons. The Labute approximate surface area is 159 Å². The van der Waals surface area contributed by atoms with Crippen LogP contribution in [0.4, 0.5) is 0 Å². The lowest BCUT2D eigenvalue weighted by atomic mass is 10.0. The predicted octanol–water partition coefficient (Wildman–Crippen LogP) is 4.16. The molecule has 0 radical (unpaired) electrons. The molecule has 1 aromatic carbocycles. The van der Waals surface area contributed by atoms with Crippen molar-refractivity contribution in [1.29, 1.82) is 0 Å². The van der Waals surface area contributed by atoms with Crippen molar-refractivity contribution in [3.63, 3.8) is 0 Å². The lowest BCUT2D eigenvalue weighted by Crippen LogP contribution is -2.49. The maximum atomic E-state index is 12.3. The first kappa shape index (κ1) is 20.8. The molecule has 0 atom stereocenters. The van der Waals surface area contributed by atoms with Crippen LogP contribution in [0.5, 0.6) is 5.75 Å². The van der Waals surface area contributed by atoms with Gasteiger partial charge in [-0.15, -0.1) is 0 Å². The van der Waals surface area contributed by atoms with E-state index in [1.807, 2.05) is 17.0 Å². The van der Waals surface area contributed by atoms with Crippen molar-refractivity contribution < 1.29 is 9.53 Å². The fraction of sp³-hybridized carbons (Fsp3) is 0.682. The SMILES string of the molecule is CC(C)CN1CCN(C(=O)CCCCOc2ccc(C(C)C)cc2)CC1. The molecule has 26 heavy (non-hydrogen) atoms. The summed E-state index contributed by atoms with van der Waals surface area (Å²) in [5.41, 5.74) is 1.33. The zero-order valence-electron chi connectivity index (χ0n) is 17.0.